The second-order valence-electron chi connectivity index (χ2n) is 2.23. The number of hydrogen-bond donors (Lipinski definition) is 1. The van der Waals surface area contributed by atoms with Crippen LogP contribution in [-0.4, -0.2) is 5.91 Å². The molecule has 0 saturated carbocycles. The lowest BCUT2D eigenvalue weighted by molar-refractivity contribution is 0.100. The van der Waals surface area contributed by atoms with Gasteiger partial charge in [-0.1, -0.05) is 45.4 Å². The van der Waals surface area contributed by atoms with Crippen molar-refractivity contribution in [1.82, 2.24) is 0 Å². The number of hydrogen-bond acceptors (Lipinski definition) is 1. The van der Waals surface area contributed by atoms with E-state index in [0.29, 0.717) is 5.56 Å². The van der Waals surface area contributed by atoms with Gasteiger partial charge in [-0.25, -0.2) is 0 Å². The van der Waals surface area contributed by atoms with Crippen molar-refractivity contribution in [2.75, 3.05) is 0 Å². The first-order chi connectivity index (χ1) is 6.70. The molecule has 0 spiro atoms. The molecule has 80 valence electrons. The highest BCUT2D eigenvalue weighted by atomic mass is 16.1. The molecule has 0 aromatic heterocycles. The van der Waals surface area contributed by atoms with E-state index in [2.05, 4.69) is 0 Å². The third-order valence-electron chi connectivity index (χ3n) is 1.34. The molecule has 0 radical (unpaired) electrons. The normalized spacial score (nSPS) is 7.50. The van der Waals surface area contributed by atoms with Crippen molar-refractivity contribution >= 4 is 5.91 Å². The van der Waals surface area contributed by atoms with Crippen molar-refractivity contribution in [2.24, 2.45) is 5.73 Å². The fraction of sp³-hybridized carbons (Fsp3) is 0.417. The fourth-order valence-corrected chi connectivity index (χ4v) is 0.718. The lowest BCUT2D eigenvalue weighted by atomic mass is 10.1. The van der Waals surface area contributed by atoms with E-state index in [1.165, 1.54) is 0 Å². The van der Waals surface area contributed by atoms with Gasteiger partial charge in [-0.15, -0.1) is 0 Å². The van der Waals surface area contributed by atoms with Crippen molar-refractivity contribution in [3.05, 3.63) is 35.4 Å². The highest BCUT2D eigenvalue weighted by Gasteiger charge is 1.95. The van der Waals surface area contributed by atoms with Crippen molar-refractivity contribution in [3.8, 4) is 0 Å². The zero-order chi connectivity index (χ0) is 11.6. The summed E-state index contributed by atoms with van der Waals surface area (Å²) < 4.78 is 0. The number of carbonyl (C=O) groups excluding carboxylic acids is 1. The number of primary amides is 1. The van der Waals surface area contributed by atoms with E-state index in [4.69, 9.17) is 5.73 Å². The highest BCUT2D eigenvalue weighted by Crippen LogP contribution is 2.00. The molecule has 0 fully saturated rings. The minimum atomic E-state index is -0.375. The van der Waals surface area contributed by atoms with Crippen LogP contribution in [0.3, 0.4) is 0 Å². The van der Waals surface area contributed by atoms with Crippen LogP contribution in [0.25, 0.3) is 0 Å². The maximum atomic E-state index is 10.5. The van der Waals surface area contributed by atoms with Gasteiger partial charge in [-0.3, -0.25) is 4.79 Å². The largest absolute Gasteiger partial charge is 0.366 e. The molecule has 2 heteroatoms. The Labute approximate surface area is 87.1 Å². The van der Waals surface area contributed by atoms with Crippen molar-refractivity contribution < 1.29 is 4.79 Å². The van der Waals surface area contributed by atoms with Crippen LogP contribution in [0.2, 0.25) is 0 Å². The molecule has 0 aliphatic heterocycles. The van der Waals surface area contributed by atoms with Crippen LogP contribution in [0.15, 0.2) is 24.3 Å². The van der Waals surface area contributed by atoms with Gasteiger partial charge < -0.3 is 5.73 Å². The lowest BCUT2D eigenvalue weighted by Crippen LogP contribution is -2.10. The summed E-state index contributed by atoms with van der Waals surface area (Å²) >= 11 is 0. The van der Waals surface area contributed by atoms with Gasteiger partial charge >= 0.3 is 0 Å². The number of aryl methyl sites for hydroxylation is 1. The topological polar surface area (TPSA) is 43.1 Å². The minimum Gasteiger partial charge on any atom is -0.366 e. The van der Waals surface area contributed by atoms with Crippen molar-refractivity contribution in [3.63, 3.8) is 0 Å². The fourth-order valence-electron chi connectivity index (χ4n) is 0.718. The molecule has 1 rings (SSSR count). The third kappa shape index (κ3) is 6.23. The molecule has 1 aromatic rings. The first kappa shape index (κ1) is 15.2. The Morgan fingerprint density at radius 2 is 1.36 bits per heavy atom. The minimum absolute atomic E-state index is 0.375. The molecule has 2 N–H and O–H groups in total. The molecule has 0 heterocycles. The smallest absolute Gasteiger partial charge is 0.248 e. The van der Waals surface area contributed by atoms with Crippen LogP contribution in [0.4, 0.5) is 0 Å². The Hall–Kier alpha value is -1.31. The van der Waals surface area contributed by atoms with Crippen LogP contribution in [0.1, 0.15) is 43.6 Å². The SMILES string of the molecule is CC.CC.Cc1ccc(C(N)=O)cc1. The van der Waals surface area contributed by atoms with E-state index >= 15 is 0 Å². The average molecular weight is 195 g/mol. The van der Waals surface area contributed by atoms with Crippen LogP contribution < -0.4 is 5.73 Å². The number of benzene rings is 1. The van der Waals surface area contributed by atoms with Crippen LogP contribution in [-0.2, 0) is 0 Å². The molecule has 0 atom stereocenters. The zero-order valence-corrected chi connectivity index (χ0v) is 9.79. The second-order valence-corrected chi connectivity index (χ2v) is 2.23. The van der Waals surface area contributed by atoms with Gasteiger partial charge in [0.15, 0.2) is 0 Å². The van der Waals surface area contributed by atoms with E-state index in [0.717, 1.165) is 5.56 Å². The van der Waals surface area contributed by atoms with E-state index in [9.17, 15) is 4.79 Å². The predicted octanol–water partition coefficient (Wildman–Crippen LogP) is 3.15. The van der Waals surface area contributed by atoms with Gasteiger partial charge in [0.05, 0.1) is 0 Å². The van der Waals surface area contributed by atoms with Crippen molar-refractivity contribution in [2.45, 2.75) is 34.6 Å². The summed E-state index contributed by atoms with van der Waals surface area (Å²) in [4.78, 5) is 10.5. The number of nitrogens with two attached hydrogens (primary N) is 1. The summed E-state index contributed by atoms with van der Waals surface area (Å²) in [5.41, 5.74) is 6.72. The Morgan fingerprint density at radius 1 is 1.00 bits per heavy atom. The predicted molar refractivity (Wildman–Crippen MR) is 62.4 cm³/mol. The molecule has 1 amide bonds. The first-order valence-electron chi connectivity index (χ1n) is 5.06. The van der Waals surface area contributed by atoms with E-state index in [1.54, 1.807) is 12.1 Å². The van der Waals surface area contributed by atoms with E-state index in [1.807, 2.05) is 46.8 Å². The summed E-state index contributed by atoms with van der Waals surface area (Å²) in [6, 6.07) is 7.16. The number of amides is 1. The highest BCUT2D eigenvalue weighted by molar-refractivity contribution is 5.92. The Balaban J connectivity index is 0. The van der Waals surface area contributed by atoms with Gasteiger partial charge in [0, 0.05) is 5.56 Å². The Kier molecular flexibility index (Phi) is 10.6. The first-order valence-corrected chi connectivity index (χ1v) is 5.06. The standard InChI is InChI=1S/C8H9NO.2C2H6/c1-6-2-4-7(5-3-6)8(9)10;2*1-2/h2-5H,1H3,(H2,9,10);2*1-2H3. The molecule has 0 saturated heterocycles. The van der Waals surface area contributed by atoms with Crippen molar-refractivity contribution in [1.29, 1.82) is 0 Å². The van der Waals surface area contributed by atoms with Crippen LogP contribution in [0.5, 0.6) is 0 Å². The zero-order valence-electron chi connectivity index (χ0n) is 9.79. The van der Waals surface area contributed by atoms with Gasteiger partial charge in [-0.2, -0.15) is 0 Å². The summed E-state index contributed by atoms with van der Waals surface area (Å²) in [5, 5.41) is 0. The number of carbonyl (C=O) groups is 1. The molecule has 0 unspecified atom stereocenters. The molecule has 0 aliphatic carbocycles. The van der Waals surface area contributed by atoms with Crippen LogP contribution >= 0.6 is 0 Å². The Morgan fingerprint density at radius 3 is 1.64 bits per heavy atom. The molecule has 0 bridgehead atoms. The molecular weight excluding hydrogens is 174 g/mol. The summed E-state index contributed by atoms with van der Waals surface area (Å²) in [5.74, 6) is -0.375. The second kappa shape index (κ2) is 9.78. The molecule has 2 nitrogen and oxygen atoms in total. The van der Waals surface area contributed by atoms with Gasteiger partial charge in [0.2, 0.25) is 5.91 Å². The third-order valence-corrected chi connectivity index (χ3v) is 1.34. The van der Waals surface area contributed by atoms with Gasteiger partial charge in [0.25, 0.3) is 0 Å². The summed E-state index contributed by atoms with van der Waals surface area (Å²) in [6.45, 7) is 9.96. The molecule has 14 heavy (non-hydrogen) atoms. The lowest BCUT2D eigenvalue weighted by Gasteiger charge is -1.93. The van der Waals surface area contributed by atoms with Gasteiger partial charge in [-0.05, 0) is 19.1 Å². The molecule has 1 aromatic carbocycles. The van der Waals surface area contributed by atoms with E-state index in [-0.39, 0.29) is 5.91 Å². The summed E-state index contributed by atoms with van der Waals surface area (Å²) in [6.07, 6.45) is 0. The van der Waals surface area contributed by atoms with E-state index < -0.39 is 0 Å². The molecular formula is C12H21NO. The number of rotatable bonds is 1. The summed E-state index contributed by atoms with van der Waals surface area (Å²) in [7, 11) is 0. The van der Waals surface area contributed by atoms with Gasteiger partial charge in [0.1, 0.15) is 0 Å². The monoisotopic (exact) mass is 195 g/mol. The maximum Gasteiger partial charge on any atom is 0.248 e. The quantitative estimate of drug-likeness (QED) is 0.735. The Bertz CT molecular complexity index is 239. The molecule has 0 aliphatic rings. The maximum absolute atomic E-state index is 10.5. The van der Waals surface area contributed by atoms with Crippen LogP contribution in [0, 0.1) is 6.92 Å². The average Bonchev–Trinajstić information content (AvgIpc) is 2.24.